The molecule has 420 valence electrons. The number of carboxylic acids is 1. The molecule has 0 fully saturated rings. The van der Waals surface area contributed by atoms with Crippen LogP contribution in [0.15, 0.2) is 85.1 Å². The molecule has 0 saturated carbocycles. The fraction of sp³-hybridized carbons (Fsp3) is 0.734. The summed E-state index contributed by atoms with van der Waals surface area (Å²) >= 11 is 0. The normalized spacial score (nSPS) is 13.4. The third-order valence-corrected chi connectivity index (χ3v) is 12.6. The molecule has 0 rings (SSSR count). The highest BCUT2D eigenvalue weighted by molar-refractivity contribution is 5.70. The Balaban J connectivity index is 4.24. The predicted octanol–water partition coefficient (Wildman–Crippen LogP) is 16.2. The molecule has 0 amide bonds. The number of likely N-dealkylation sites (N-methyl/N-ethyl adjacent to an activating group) is 1. The molecule has 2 unspecified atom stereocenters. The number of hydrogen-bond acceptors (Lipinski definition) is 8. The number of esters is 2. The van der Waals surface area contributed by atoms with Crippen molar-refractivity contribution >= 4 is 17.9 Å². The summed E-state index contributed by atoms with van der Waals surface area (Å²) in [6.07, 6.45) is 69.1. The van der Waals surface area contributed by atoms with Gasteiger partial charge in [0.25, 0.3) is 0 Å². The van der Waals surface area contributed by atoms with E-state index in [-0.39, 0.29) is 38.6 Å². The fourth-order valence-corrected chi connectivity index (χ4v) is 8.06. The molecule has 0 spiro atoms. The number of carbonyl (C=O) groups is 3. The van der Waals surface area contributed by atoms with E-state index in [1.54, 1.807) is 0 Å². The van der Waals surface area contributed by atoms with Gasteiger partial charge in [-0.25, -0.2) is 0 Å². The summed E-state index contributed by atoms with van der Waals surface area (Å²) in [6, 6.07) is 0. The van der Waals surface area contributed by atoms with Crippen LogP contribution in [0, 0.1) is 0 Å². The second-order valence-corrected chi connectivity index (χ2v) is 20.9. The Kier molecular flexibility index (Phi) is 52.1. The van der Waals surface area contributed by atoms with E-state index in [0.717, 1.165) is 83.5 Å². The first kappa shape index (κ1) is 69.5. The van der Waals surface area contributed by atoms with Crippen molar-refractivity contribution in [3.8, 4) is 0 Å². The molecule has 0 aromatic heterocycles. The number of rotatable bonds is 54. The largest absolute Gasteiger partial charge is 0.545 e. The Morgan fingerprint density at radius 1 is 0.425 bits per heavy atom. The summed E-state index contributed by atoms with van der Waals surface area (Å²) < 4.78 is 22.7. The second-order valence-electron chi connectivity index (χ2n) is 20.9. The van der Waals surface area contributed by atoms with E-state index in [4.69, 9.17) is 18.9 Å². The van der Waals surface area contributed by atoms with Crippen molar-refractivity contribution in [3.05, 3.63) is 85.1 Å². The molecule has 0 aromatic carbocycles. The van der Waals surface area contributed by atoms with Crippen molar-refractivity contribution in [1.29, 1.82) is 0 Å². The molecule has 9 nitrogen and oxygen atoms in total. The van der Waals surface area contributed by atoms with Gasteiger partial charge in [0.05, 0.1) is 40.3 Å². The zero-order chi connectivity index (χ0) is 53.4. The Morgan fingerprint density at radius 2 is 0.781 bits per heavy atom. The van der Waals surface area contributed by atoms with Crippen molar-refractivity contribution in [2.45, 2.75) is 257 Å². The maximum absolute atomic E-state index is 12.9. The van der Waals surface area contributed by atoms with E-state index in [0.29, 0.717) is 17.4 Å². The van der Waals surface area contributed by atoms with Crippen LogP contribution in [0.4, 0.5) is 0 Å². The van der Waals surface area contributed by atoms with Crippen LogP contribution in [0.25, 0.3) is 0 Å². The molecule has 73 heavy (non-hydrogen) atoms. The lowest BCUT2D eigenvalue weighted by atomic mass is 10.0. The van der Waals surface area contributed by atoms with Gasteiger partial charge >= 0.3 is 11.9 Å². The van der Waals surface area contributed by atoms with Crippen LogP contribution in [-0.4, -0.2) is 82.3 Å². The number of allylic oxidation sites excluding steroid dienone is 14. The standard InChI is InChI=1S/C64H111NO8/c1-6-8-10-12-14-16-18-20-22-24-26-27-28-29-30-31-32-33-34-35-37-39-41-43-45-47-49-51-53-55-62(67)73-60(59-72-64(63(68)69)70-57-56-65(3,4)5)58-71-61(66)54-52-50-48-46-44-42-40-38-36-25-23-21-19-17-15-13-11-9-7-2/h8,10,14,16,20-23,26-27,29-30,32-33,60,64H,6-7,9,11-13,15,17-19,24-25,28,31,34-59H2,1-5H3/b10-8-,16-14-,22-20-,23-21-,27-26-,30-29-,33-32-. The molecule has 0 N–H and O–H groups in total. The van der Waals surface area contributed by atoms with Gasteiger partial charge in [-0.05, 0) is 89.9 Å². The lowest BCUT2D eigenvalue weighted by molar-refractivity contribution is -0.870. The lowest BCUT2D eigenvalue weighted by Crippen LogP contribution is -2.44. The first-order valence-corrected chi connectivity index (χ1v) is 29.7. The van der Waals surface area contributed by atoms with Crippen LogP contribution in [0.3, 0.4) is 0 Å². The van der Waals surface area contributed by atoms with E-state index in [2.05, 4.69) is 98.9 Å². The van der Waals surface area contributed by atoms with Gasteiger partial charge in [-0.15, -0.1) is 0 Å². The van der Waals surface area contributed by atoms with Gasteiger partial charge in [0.2, 0.25) is 0 Å². The summed E-state index contributed by atoms with van der Waals surface area (Å²) in [5.41, 5.74) is 0. The average molecular weight is 1020 g/mol. The molecular weight excluding hydrogens is 911 g/mol. The molecular formula is C64H111NO8. The topological polar surface area (TPSA) is 111 Å². The first-order chi connectivity index (χ1) is 35.6. The van der Waals surface area contributed by atoms with Crippen LogP contribution in [0.2, 0.25) is 0 Å². The lowest BCUT2D eigenvalue weighted by Gasteiger charge is -2.26. The number of aliphatic carboxylic acids is 1. The Morgan fingerprint density at radius 3 is 1.18 bits per heavy atom. The maximum atomic E-state index is 12.9. The van der Waals surface area contributed by atoms with Crippen molar-refractivity contribution in [1.82, 2.24) is 0 Å². The number of hydrogen-bond donors (Lipinski definition) is 0. The van der Waals surface area contributed by atoms with E-state index in [9.17, 15) is 19.5 Å². The number of ether oxygens (including phenoxy) is 4. The second kappa shape index (κ2) is 54.7. The predicted molar refractivity (Wildman–Crippen MR) is 306 cm³/mol. The molecule has 0 aromatic rings. The summed E-state index contributed by atoms with van der Waals surface area (Å²) in [5.74, 6) is -2.29. The zero-order valence-electron chi connectivity index (χ0n) is 47.7. The Labute approximate surface area is 449 Å². The maximum Gasteiger partial charge on any atom is 0.306 e. The summed E-state index contributed by atoms with van der Waals surface area (Å²) in [5, 5.41) is 11.8. The van der Waals surface area contributed by atoms with Crippen molar-refractivity contribution in [2.75, 3.05) is 47.5 Å². The molecule has 0 radical (unpaired) electrons. The highest BCUT2D eigenvalue weighted by atomic mass is 16.7. The van der Waals surface area contributed by atoms with Gasteiger partial charge in [0.1, 0.15) is 13.2 Å². The molecule has 0 aliphatic heterocycles. The monoisotopic (exact) mass is 1020 g/mol. The van der Waals surface area contributed by atoms with Crippen molar-refractivity contribution < 1.29 is 42.9 Å². The van der Waals surface area contributed by atoms with E-state index < -0.39 is 24.3 Å². The van der Waals surface area contributed by atoms with Crippen molar-refractivity contribution in [2.24, 2.45) is 0 Å². The van der Waals surface area contributed by atoms with E-state index in [1.807, 2.05) is 21.1 Å². The smallest absolute Gasteiger partial charge is 0.306 e. The van der Waals surface area contributed by atoms with Gasteiger partial charge in [0.15, 0.2) is 12.4 Å². The minimum Gasteiger partial charge on any atom is -0.545 e. The third kappa shape index (κ3) is 56.0. The van der Waals surface area contributed by atoms with Gasteiger partial charge in [-0.1, -0.05) is 227 Å². The van der Waals surface area contributed by atoms with Gasteiger partial charge < -0.3 is 33.3 Å². The number of carboxylic acid groups (broad SMARTS) is 1. The van der Waals surface area contributed by atoms with E-state index in [1.165, 1.54) is 128 Å². The van der Waals surface area contributed by atoms with E-state index >= 15 is 0 Å². The zero-order valence-corrected chi connectivity index (χ0v) is 47.7. The number of carbonyl (C=O) groups excluding carboxylic acids is 3. The highest BCUT2D eigenvalue weighted by Gasteiger charge is 2.22. The summed E-state index contributed by atoms with van der Waals surface area (Å²) in [4.78, 5) is 37.3. The highest BCUT2D eigenvalue weighted by Crippen LogP contribution is 2.15. The minimum absolute atomic E-state index is 0.143. The van der Waals surface area contributed by atoms with Crippen LogP contribution < -0.4 is 5.11 Å². The van der Waals surface area contributed by atoms with Gasteiger partial charge in [0, 0.05) is 12.8 Å². The minimum atomic E-state index is -1.63. The molecule has 2 atom stereocenters. The summed E-state index contributed by atoms with van der Waals surface area (Å²) in [7, 11) is 5.92. The molecule has 0 aliphatic carbocycles. The number of nitrogens with zero attached hydrogens (tertiary/aromatic N) is 1. The summed E-state index contributed by atoms with van der Waals surface area (Å²) in [6.45, 7) is 4.63. The van der Waals surface area contributed by atoms with Crippen molar-refractivity contribution in [3.63, 3.8) is 0 Å². The first-order valence-electron chi connectivity index (χ1n) is 29.7. The molecule has 0 aliphatic rings. The SMILES string of the molecule is CC/C=C\C/C=C\C/C=C\C/C=C\C/C=C\C/C=C\CCCCCCCCCCCCC(=O)OC(COC(=O)CCCCCCCCCCC/C=C\CCCCCCCC)COC(OCC[N+](C)(C)C)C(=O)[O-]. The third-order valence-electron chi connectivity index (χ3n) is 12.6. The van der Waals surface area contributed by atoms with Gasteiger partial charge in [-0.2, -0.15) is 0 Å². The fourth-order valence-electron chi connectivity index (χ4n) is 8.06. The Bertz CT molecular complexity index is 1470. The average Bonchev–Trinajstić information content (AvgIpc) is 3.36. The van der Waals surface area contributed by atoms with Crippen LogP contribution in [0.1, 0.15) is 245 Å². The number of quaternary nitrogens is 1. The number of unbranched alkanes of at least 4 members (excludes halogenated alkanes) is 25. The molecule has 9 heteroatoms. The molecule has 0 heterocycles. The molecule has 0 saturated heterocycles. The molecule has 0 bridgehead atoms. The van der Waals surface area contributed by atoms with Crippen LogP contribution >= 0.6 is 0 Å². The van der Waals surface area contributed by atoms with Crippen LogP contribution in [0.5, 0.6) is 0 Å². The van der Waals surface area contributed by atoms with Gasteiger partial charge in [-0.3, -0.25) is 9.59 Å². The van der Waals surface area contributed by atoms with Crippen LogP contribution in [-0.2, 0) is 33.3 Å². The quantitative estimate of drug-likeness (QED) is 0.0195. The Hall–Kier alpha value is -3.53.